The van der Waals surface area contributed by atoms with Gasteiger partial charge in [0.1, 0.15) is 10.6 Å². The van der Waals surface area contributed by atoms with Gasteiger partial charge in [-0.1, -0.05) is 13.8 Å². The third kappa shape index (κ3) is 10.4. The van der Waals surface area contributed by atoms with Crippen LogP contribution in [0.5, 0.6) is 0 Å². The molecule has 3 N–H and O–H groups in total. The van der Waals surface area contributed by atoms with Crippen LogP contribution in [0.2, 0.25) is 0 Å². The maximum atomic E-state index is 12.1. The normalized spacial score (nSPS) is 13.0. The van der Waals surface area contributed by atoms with Crippen LogP contribution in [0.15, 0.2) is 4.99 Å². The molecule has 1 atom stereocenters. The largest absolute Gasteiger partial charge is 0.444 e. The smallest absolute Gasteiger partial charge is 0.407 e. The molecule has 0 aliphatic rings. The molecule has 0 aliphatic carbocycles. The van der Waals surface area contributed by atoms with E-state index in [1.807, 2.05) is 34.6 Å². The van der Waals surface area contributed by atoms with E-state index in [4.69, 9.17) is 4.74 Å². The molecular weight excluding hydrogens is 489 g/mol. The first-order valence-corrected chi connectivity index (χ1v) is 10.3. The maximum Gasteiger partial charge on any atom is 0.407 e. The molecule has 162 valence electrons. The number of halogens is 1. The highest BCUT2D eigenvalue weighted by atomic mass is 127. The van der Waals surface area contributed by atoms with E-state index in [2.05, 4.69) is 46.7 Å². The molecule has 7 nitrogen and oxygen atoms in total. The third-order valence-electron chi connectivity index (χ3n) is 3.79. The number of rotatable bonds is 7. The van der Waals surface area contributed by atoms with Crippen molar-refractivity contribution in [3.8, 4) is 0 Å². The number of guanidine groups is 1. The first-order chi connectivity index (χ1) is 12.5. The van der Waals surface area contributed by atoms with Crippen LogP contribution in [-0.2, 0) is 11.3 Å². The van der Waals surface area contributed by atoms with Gasteiger partial charge >= 0.3 is 6.09 Å². The molecule has 0 saturated heterocycles. The summed E-state index contributed by atoms with van der Waals surface area (Å²) >= 11 is 1.67. The lowest BCUT2D eigenvalue weighted by Gasteiger charge is -2.26. The van der Waals surface area contributed by atoms with Gasteiger partial charge in [-0.25, -0.2) is 14.8 Å². The summed E-state index contributed by atoms with van der Waals surface area (Å²) in [6.45, 7) is 17.6. The Bertz CT molecular complexity index is 621. The first kappa shape index (κ1) is 26.9. The molecule has 0 saturated carbocycles. The fourth-order valence-electron chi connectivity index (χ4n) is 2.21. The highest BCUT2D eigenvalue weighted by Gasteiger charge is 2.21. The van der Waals surface area contributed by atoms with Crippen LogP contribution in [0.25, 0.3) is 0 Å². The molecule has 1 aromatic rings. The topological polar surface area (TPSA) is 87.6 Å². The Morgan fingerprint density at radius 3 is 2.36 bits per heavy atom. The van der Waals surface area contributed by atoms with Gasteiger partial charge in [0.05, 0.1) is 18.3 Å². The number of nitrogens with zero attached hydrogens (tertiary/aromatic N) is 2. The number of aromatic nitrogens is 1. The van der Waals surface area contributed by atoms with E-state index >= 15 is 0 Å². The number of nitrogens with one attached hydrogen (secondary N) is 3. The van der Waals surface area contributed by atoms with Crippen molar-refractivity contribution in [3.63, 3.8) is 0 Å². The third-order valence-corrected chi connectivity index (χ3v) is 4.84. The highest BCUT2D eigenvalue weighted by molar-refractivity contribution is 14.0. The maximum absolute atomic E-state index is 12.1. The van der Waals surface area contributed by atoms with Gasteiger partial charge in [-0.2, -0.15) is 0 Å². The van der Waals surface area contributed by atoms with Crippen LogP contribution >= 0.6 is 35.3 Å². The van der Waals surface area contributed by atoms with Crippen molar-refractivity contribution >= 4 is 47.4 Å². The molecule has 1 aromatic heterocycles. The number of carbonyl (C=O) groups excluding carboxylic acids is 1. The summed E-state index contributed by atoms with van der Waals surface area (Å²) in [5.74, 6) is 0.955. The summed E-state index contributed by atoms with van der Waals surface area (Å²) in [5.41, 5.74) is 0.545. The van der Waals surface area contributed by atoms with E-state index in [-0.39, 0.29) is 35.9 Å². The number of aliphatic imine (C=N–C) groups is 1. The number of amides is 1. The Morgan fingerprint density at radius 1 is 1.25 bits per heavy atom. The SMILES string of the molecule is CCNC(=NCc1nc(C)c(C)s1)NCC(NC(=O)OC(C)(C)C)C(C)C.I. The van der Waals surface area contributed by atoms with Crippen molar-refractivity contribution in [2.75, 3.05) is 13.1 Å². The van der Waals surface area contributed by atoms with Gasteiger partial charge in [-0.05, 0) is 47.5 Å². The second-order valence-electron chi connectivity index (χ2n) is 7.82. The Labute approximate surface area is 190 Å². The molecule has 1 heterocycles. The molecule has 0 bridgehead atoms. The number of aryl methyl sites for hydroxylation is 2. The zero-order valence-electron chi connectivity index (χ0n) is 18.3. The van der Waals surface area contributed by atoms with Crippen molar-refractivity contribution in [2.45, 2.75) is 73.6 Å². The van der Waals surface area contributed by atoms with Gasteiger partial charge < -0.3 is 20.7 Å². The average Bonchev–Trinajstić information content (AvgIpc) is 2.85. The van der Waals surface area contributed by atoms with Crippen LogP contribution in [0.3, 0.4) is 0 Å². The quantitative estimate of drug-likeness (QED) is 0.285. The van der Waals surface area contributed by atoms with Gasteiger partial charge in [0.15, 0.2) is 5.96 Å². The molecule has 0 fully saturated rings. The minimum Gasteiger partial charge on any atom is -0.444 e. The molecule has 1 rings (SSSR count). The van der Waals surface area contributed by atoms with Gasteiger partial charge in [0, 0.05) is 18.0 Å². The second-order valence-corrected chi connectivity index (χ2v) is 9.11. The van der Waals surface area contributed by atoms with Crippen LogP contribution < -0.4 is 16.0 Å². The predicted octanol–water partition coefficient (Wildman–Crippen LogP) is 3.98. The highest BCUT2D eigenvalue weighted by Crippen LogP contribution is 2.17. The molecule has 0 spiro atoms. The van der Waals surface area contributed by atoms with Crippen LogP contribution in [0.4, 0.5) is 4.79 Å². The van der Waals surface area contributed by atoms with E-state index in [1.165, 1.54) is 4.88 Å². The summed E-state index contributed by atoms with van der Waals surface area (Å²) in [6, 6.07) is -0.0759. The number of hydrogen-bond acceptors (Lipinski definition) is 5. The Balaban J connectivity index is 0.00000729. The van der Waals surface area contributed by atoms with Gasteiger partial charge in [-0.3, -0.25) is 0 Å². The van der Waals surface area contributed by atoms with Gasteiger partial charge in [0.2, 0.25) is 0 Å². The van der Waals surface area contributed by atoms with Crippen molar-refractivity contribution in [3.05, 3.63) is 15.6 Å². The van der Waals surface area contributed by atoms with Gasteiger partial charge in [0.25, 0.3) is 0 Å². The lowest BCUT2D eigenvalue weighted by atomic mass is 10.0. The molecule has 1 unspecified atom stereocenters. The number of thiazole rings is 1. The number of ether oxygens (including phenoxy) is 1. The second kappa shape index (κ2) is 12.5. The average molecular weight is 526 g/mol. The molecule has 0 radical (unpaired) electrons. The fourth-order valence-corrected chi connectivity index (χ4v) is 3.07. The Kier molecular flexibility index (Phi) is 12.0. The summed E-state index contributed by atoms with van der Waals surface area (Å²) in [7, 11) is 0. The summed E-state index contributed by atoms with van der Waals surface area (Å²) in [4.78, 5) is 22.4. The first-order valence-electron chi connectivity index (χ1n) is 9.46. The summed E-state index contributed by atoms with van der Waals surface area (Å²) in [5, 5.41) is 10.5. The van der Waals surface area contributed by atoms with Crippen LogP contribution in [-0.4, -0.2) is 41.8 Å². The molecule has 9 heteroatoms. The lowest BCUT2D eigenvalue weighted by molar-refractivity contribution is 0.0491. The van der Waals surface area contributed by atoms with E-state index in [0.717, 1.165) is 17.2 Å². The predicted molar refractivity (Wildman–Crippen MR) is 128 cm³/mol. The van der Waals surface area contributed by atoms with E-state index < -0.39 is 11.7 Å². The van der Waals surface area contributed by atoms with Crippen LogP contribution in [0, 0.1) is 19.8 Å². The van der Waals surface area contributed by atoms with E-state index in [1.54, 1.807) is 11.3 Å². The fraction of sp³-hybridized carbons (Fsp3) is 0.737. The van der Waals surface area contributed by atoms with E-state index in [0.29, 0.717) is 19.0 Å². The number of alkyl carbamates (subject to hydrolysis) is 1. The minimum absolute atomic E-state index is 0. The van der Waals surface area contributed by atoms with Crippen molar-refractivity contribution < 1.29 is 9.53 Å². The molecule has 0 aliphatic heterocycles. The number of hydrogen-bond donors (Lipinski definition) is 3. The number of carbonyl (C=O) groups is 1. The lowest BCUT2D eigenvalue weighted by Crippen LogP contribution is -2.50. The molecule has 28 heavy (non-hydrogen) atoms. The van der Waals surface area contributed by atoms with Crippen LogP contribution in [0.1, 0.15) is 57.1 Å². The monoisotopic (exact) mass is 525 g/mol. The molecule has 0 aromatic carbocycles. The van der Waals surface area contributed by atoms with Crippen molar-refractivity contribution in [1.29, 1.82) is 0 Å². The zero-order chi connectivity index (χ0) is 20.6. The Morgan fingerprint density at radius 2 is 1.89 bits per heavy atom. The summed E-state index contributed by atoms with van der Waals surface area (Å²) < 4.78 is 5.36. The summed E-state index contributed by atoms with van der Waals surface area (Å²) in [6.07, 6.45) is -0.404. The van der Waals surface area contributed by atoms with Gasteiger partial charge in [-0.15, -0.1) is 35.3 Å². The molecular formula is C19H36IN5O2S. The Hall–Kier alpha value is -1.10. The minimum atomic E-state index is -0.514. The van der Waals surface area contributed by atoms with Crippen molar-refractivity contribution in [2.24, 2.45) is 10.9 Å². The van der Waals surface area contributed by atoms with Crippen molar-refractivity contribution in [1.82, 2.24) is 20.9 Å². The van der Waals surface area contributed by atoms with E-state index in [9.17, 15) is 4.79 Å². The molecule has 1 amide bonds. The standard InChI is InChI=1S/C19H35N5O2S.HI/c1-9-20-17(22-11-16-23-13(4)14(5)27-16)21-10-15(12(2)3)24-18(25)26-19(6,7)8;/h12,15H,9-11H2,1-8H3,(H,24,25)(H2,20,21,22);1H. The zero-order valence-corrected chi connectivity index (χ0v) is 21.5.